The third-order valence-electron chi connectivity index (χ3n) is 10.0. The van der Waals surface area contributed by atoms with E-state index in [1.165, 1.54) is 225 Å². The van der Waals surface area contributed by atoms with Gasteiger partial charge >= 0.3 is 0 Å². The van der Waals surface area contributed by atoms with E-state index in [1.54, 1.807) is 0 Å². The van der Waals surface area contributed by atoms with E-state index in [1.807, 2.05) is 0 Å². The van der Waals surface area contributed by atoms with Crippen LogP contribution in [0.25, 0.3) is 0 Å². The van der Waals surface area contributed by atoms with Crippen molar-refractivity contribution in [1.29, 1.82) is 0 Å². The van der Waals surface area contributed by atoms with Crippen molar-refractivity contribution in [3.05, 3.63) is 12.2 Å². The quantitative estimate of drug-likeness (QED) is 0.0521. The fourth-order valence-corrected chi connectivity index (χ4v) is 6.76. The van der Waals surface area contributed by atoms with Gasteiger partial charge in [-0.1, -0.05) is 225 Å². The number of hydrogen-bond acceptors (Lipinski definition) is 1. The minimum Gasteiger partial charge on any atom is -0.356 e. The van der Waals surface area contributed by atoms with Gasteiger partial charge in [-0.2, -0.15) is 0 Å². The van der Waals surface area contributed by atoms with Gasteiger partial charge in [0.15, 0.2) is 0 Å². The summed E-state index contributed by atoms with van der Waals surface area (Å²) in [7, 11) is 0. The van der Waals surface area contributed by atoms with Crippen molar-refractivity contribution < 1.29 is 4.79 Å². The molecule has 0 heterocycles. The van der Waals surface area contributed by atoms with Gasteiger partial charge < -0.3 is 5.32 Å². The molecule has 0 unspecified atom stereocenters. The lowest BCUT2D eigenvalue weighted by Crippen LogP contribution is -2.23. The Bertz CT molecular complexity index is 584. The minimum absolute atomic E-state index is 0.278. The van der Waals surface area contributed by atoms with E-state index in [9.17, 15) is 4.79 Å². The Balaban J connectivity index is 3.17. The molecule has 0 aromatic rings. The van der Waals surface area contributed by atoms with E-state index >= 15 is 0 Å². The standard InChI is InChI=1S/C44H87NO/c1-3-5-7-9-11-13-15-17-19-21-23-24-25-26-28-30-32-34-36-38-40-42-44(46)45-43-41-39-37-35-33-31-29-27-22-20-18-16-14-12-10-8-6-4-2/h17,19H,3-16,18,20-43H2,1-2H3,(H,45,46)/b19-17-. The zero-order valence-electron chi connectivity index (χ0n) is 32.1. The molecule has 0 atom stereocenters. The number of nitrogens with one attached hydrogen (secondary N) is 1. The number of unbranched alkanes of at least 4 members (excludes halogenated alkanes) is 34. The van der Waals surface area contributed by atoms with E-state index in [0.29, 0.717) is 0 Å². The van der Waals surface area contributed by atoms with Crippen LogP contribution in [0, 0.1) is 0 Å². The second-order valence-corrected chi connectivity index (χ2v) is 14.8. The van der Waals surface area contributed by atoms with Gasteiger partial charge in [0.25, 0.3) is 0 Å². The Morgan fingerprint density at radius 1 is 0.348 bits per heavy atom. The fourth-order valence-electron chi connectivity index (χ4n) is 6.76. The molecule has 2 nitrogen and oxygen atoms in total. The van der Waals surface area contributed by atoms with E-state index in [2.05, 4.69) is 31.3 Å². The van der Waals surface area contributed by atoms with Crippen molar-refractivity contribution in [3.8, 4) is 0 Å². The first-order chi connectivity index (χ1) is 22.8. The van der Waals surface area contributed by atoms with Crippen molar-refractivity contribution in [3.63, 3.8) is 0 Å². The molecule has 0 aliphatic heterocycles. The smallest absolute Gasteiger partial charge is 0.219 e. The summed E-state index contributed by atoms with van der Waals surface area (Å²) < 4.78 is 0. The highest BCUT2D eigenvalue weighted by molar-refractivity contribution is 5.75. The molecule has 0 aromatic carbocycles. The Morgan fingerprint density at radius 3 is 0.935 bits per heavy atom. The van der Waals surface area contributed by atoms with E-state index in [4.69, 9.17) is 0 Å². The summed E-state index contributed by atoms with van der Waals surface area (Å²) in [5, 5.41) is 3.16. The summed E-state index contributed by atoms with van der Waals surface area (Å²) in [6.07, 6.45) is 56.6. The molecule has 0 saturated carbocycles. The predicted octanol–water partition coefficient (Wildman–Crippen LogP) is 15.5. The number of rotatable bonds is 40. The second-order valence-electron chi connectivity index (χ2n) is 14.8. The summed E-state index contributed by atoms with van der Waals surface area (Å²) in [6, 6.07) is 0. The van der Waals surface area contributed by atoms with Crippen LogP contribution in [0.5, 0.6) is 0 Å². The van der Waals surface area contributed by atoms with Crippen LogP contribution in [0.1, 0.15) is 258 Å². The van der Waals surface area contributed by atoms with Crippen molar-refractivity contribution in [1.82, 2.24) is 5.32 Å². The SMILES string of the molecule is CCCCCCCC/C=C\CCCCCCCCCCCCCC(=O)NCCCCCCCCCCCCCCCCCCCC. The lowest BCUT2D eigenvalue weighted by Gasteiger charge is -2.06. The summed E-state index contributed by atoms with van der Waals surface area (Å²) >= 11 is 0. The molecule has 0 aromatic heterocycles. The van der Waals surface area contributed by atoms with E-state index in [-0.39, 0.29) is 5.91 Å². The van der Waals surface area contributed by atoms with Gasteiger partial charge in [0.2, 0.25) is 5.91 Å². The maximum atomic E-state index is 12.1. The van der Waals surface area contributed by atoms with Crippen LogP contribution >= 0.6 is 0 Å². The lowest BCUT2D eigenvalue weighted by atomic mass is 10.0. The topological polar surface area (TPSA) is 29.1 Å². The predicted molar refractivity (Wildman–Crippen MR) is 209 cm³/mol. The van der Waals surface area contributed by atoms with Gasteiger partial charge in [0, 0.05) is 13.0 Å². The van der Waals surface area contributed by atoms with Crippen molar-refractivity contribution in [2.45, 2.75) is 258 Å². The second kappa shape index (κ2) is 42.2. The van der Waals surface area contributed by atoms with Crippen LogP contribution in [-0.2, 0) is 4.79 Å². The number of carbonyl (C=O) groups is 1. The number of carbonyl (C=O) groups excluding carboxylic acids is 1. The van der Waals surface area contributed by atoms with Crippen LogP contribution in [0.4, 0.5) is 0 Å². The molecule has 0 bridgehead atoms. The Hall–Kier alpha value is -0.790. The molecular weight excluding hydrogens is 558 g/mol. The molecular formula is C44H87NO. The van der Waals surface area contributed by atoms with Gasteiger partial charge in [0.05, 0.1) is 0 Å². The maximum absolute atomic E-state index is 12.1. The molecule has 2 heteroatoms. The largest absolute Gasteiger partial charge is 0.356 e. The molecule has 0 aliphatic rings. The zero-order chi connectivity index (χ0) is 33.3. The van der Waals surface area contributed by atoms with Crippen LogP contribution in [-0.4, -0.2) is 12.5 Å². The summed E-state index contributed by atoms with van der Waals surface area (Å²) in [5.41, 5.74) is 0. The van der Waals surface area contributed by atoms with Gasteiger partial charge in [-0.3, -0.25) is 4.79 Å². The van der Waals surface area contributed by atoms with Gasteiger partial charge in [0.1, 0.15) is 0 Å². The number of allylic oxidation sites excluding steroid dienone is 2. The third kappa shape index (κ3) is 41.2. The average Bonchev–Trinajstić information content (AvgIpc) is 3.06. The first-order valence-corrected chi connectivity index (χ1v) is 21.7. The fraction of sp³-hybridized carbons (Fsp3) is 0.932. The molecule has 46 heavy (non-hydrogen) atoms. The number of amides is 1. The van der Waals surface area contributed by atoms with Crippen molar-refractivity contribution >= 4 is 5.91 Å². The third-order valence-corrected chi connectivity index (χ3v) is 10.0. The van der Waals surface area contributed by atoms with Gasteiger partial charge in [-0.25, -0.2) is 0 Å². The Labute approximate surface area is 291 Å². The first-order valence-electron chi connectivity index (χ1n) is 21.7. The van der Waals surface area contributed by atoms with Crippen LogP contribution in [0.15, 0.2) is 12.2 Å². The zero-order valence-corrected chi connectivity index (χ0v) is 32.1. The molecule has 0 aliphatic carbocycles. The normalized spacial score (nSPS) is 11.6. The summed E-state index contributed by atoms with van der Waals surface area (Å²) in [4.78, 5) is 12.1. The minimum atomic E-state index is 0.278. The summed E-state index contributed by atoms with van der Waals surface area (Å²) in [6.45, 7) is 5.47. The Kier molecular flexibility index (Phi) is 41.5. The Morgan fingerprint density at radius 2 is 0.609 bits per heavy atom. The highest BCUT2D eigenvalue weighted by atomic mass is 16.1. The molecule has 1 amide bonds. The van der Waals surface area contributed by atoms with Crippen molar-refractivity contribution in [2.24, 2.45) is 0 Å². The summed E-state index contributed by atoms with van der Waals surface area (Å²) in [5.74, 6) is 0.278. The van der Waals surface area contributed by atoms with E-state index in [0.717, 1.165) is 25.8 Å². The molecule has 1 N–H and O–H groups in total. The maximum Gasteiger partial charge on any atom is 0.219 e. The highest BCUT2D eigenvalue weighted by Crippen LogP contribution is 2.15. The van der Waals surface area contributed by atoms with Crippen LogP contribution in [0.2, 0.25) is 0 Å². The van der Waals surface area contributed by atoms with Gasteiger partial charge in [-0.05, 0) is 38.5 Å². The highest BCUT2D eigenvalue weighted by Gasteiger charge is 2.01. The van der Waals surface area contributed by atoms with Crippen LogP contribution in [0.3, 0.4) is 0 Å². The molecule has 274 valence electrons. The average molecular weight is 646 g/mol. The van der Waals surface area contributed by atoms with Gasteiger partial charge in [-0.15, -0.1) is 0 Å². The molecule has 0 radical (unpaired) electrons. The molecule has 0 spiro atoms. The molecule has 0 saturated heterocycles. The van der Waals surface area contributed by atoms with E-state index < -0.39 is 0 Å². The lowest BCUT2D eigenvalue weighted by molar-refractivity contribution is -0.121. The van der Waals surface area contributed by atoms with Crippen molar-refractivity contribution in [2.75, 3.05) is 6.54 Å². The monoisotopic (exact) mass is 646 g/mol. The van der Waals surface area contributed by atoms with Crippen LogP contribution < -0.4 is 5.32 Å². The molecule has 0 fully saturated rings. The first kappa shape index (κ1) is 45.2. The number of hydrogen-bond donors (Lipinski definition) is 1. The molecule has 0 rings (SSSR count).